The van der Waals surface area contributed by atoms with E-state index >= 15 is 0 Å². The van der Waals surface area contributed by atoms with Crippen molar-refractivity contribution in [3.63, 3.8) is 0 Å². The number of unbranched alkanes of at least 4 members (excludes halogenated alkanes) is 1. The van der Waals surface area contributed by atoms with Gasteiger partial charge in [0, 0.05) is 6.07 Å². The molecule has 1 heterocycles. The summed E-state index contributed by atoms with van der Waals surface area (Å²) in [6.07, 6.45) is 4.66. The molecule has 2 rings (SSSR count). The molecule has 0 aliphatic rings. The van der Waals surface area contributed by atoms with Gasteiger partial charge in [-0.1, -0.05) is 51.1 Å². The van der Waals surface area contributed by atoms with Crippen LogP contribution in [-0.2, 0) is 6.42 Å². The Labute approximate surface area is 122 Å². The highest BCUT2D eigenvalue weighted by molar-refractivity contribution is 5.20. The van der Waals surface area contributed by atoms with Gasteiger partial charge in [0.15, 0.2) is 0 Å². The minimum atomic E-state index is 0.752. The minimum Gasteiger partial charge on any atom is -0.494 e. The van der Waals surface area contributed by atoms with Crippen LogP contribution in [0.15, 0.2) is 47.2 Å². The Morgan fingerprint density at radius 2 is 1.65 bits per heavy atom. The standard InChI is InChI=1S/C13H15NO2.2C2H6/c1-2-7-13(8-3-1)15-10-5-4-6-12-9-11-16-14-12;2*1-2/h1-3,7-9,11H,4-6,10H2;2*1-2H3. The van der Waals surface area contributed by atoms with E-state index in [9.17, 15) is 0 Å². The third-order valence-corrected chi connectivity index (χ3v) is 2.33. The summed E-state index contributed by atoms with van der Waals surface area (Å²) in [6, 6.07) is 11.8. The summed E-state index contributed by atoms with van der Waals surface area (Å²) in [5, 5.41) is 3.86. The molecule has 3 nitrogen and oxygen atoms in total. The molecule has 112 valence electrons. The van der Waals surface area contributed by atoms with E-state index in [1.165, 1.54) is 0 Å². The van der Waals surface area contributed by atoms with Crippen LogP contribution < -0.4 is 4.74 Å². The normalized spacial score (nSPS) is 8.80. The van der Waals surface area contributed by atoms with Gasteiger partial charge in [-0.15, -0.1) is 0 Å². The largest absolute Gasteiger partial charge is 0.494 e. The Hall–Kier alpha value is -1.77. The van der Waals surface area contributed by atoms with Crippen molar-refractivity contribution in [3.8, 4) is 5.75 Å². The second kappa shape index (κ2) is 13.7. The molecule has 0 saturated heterocycles. The molecule has 0 atom stereocenters. The number of aromatic nitrogens is 1. The van der Waals surface area contributed by atoms with Crippen molar-refractivity contribution in [2.24, 2.45) is 0 Å². The summed E-state index contributed by atoms with van der Waals surface area (Å²) in [6.45, 7) is 8.75. The number of para-hydroxylation sites is 1. The number of hydrogen-bond acceptors (Lipinski definition) is 3. The second-order valence-electron chi connectivity index (χ2n) is 3.61. The predicted molar refractivity (Wildman–Crippen MR) is 84.1 cm³/mol. The number of rotatable bonds is 6. The molecule has 0 aliphatic carbocycles. The molecule has 0 N–H and O–H groups in total. The van der Waals surface area contributed by atoms with E-state index in [2.05, 4.69) is 5.16 Å². The summed E-state index contributed by atoms with van der Waals surface area (Å²) in [5.41, 5.74) is 1.01. The minimum absolute atomic E-state index is 0.752. The lowest BCUT2D eigenvalue weighted by atomic mass is 10.2. The summed E-state index contributed by atoms with van der Waals surface area (Å²) in [7, 11) is 0. The van der Waals surface area contributed by atoms with Gasteiger partial charge < -0.3 is 9.26 Å². The molecule has 0 aliphatic heterocycles. The Morgan fingerprint density at radius 3 is 2.25 bits per heavy atom. The van der Waals surface area contributed by atoms with Gasteiger partial charge in [-0.3, -0.25) is 0 Å². The maximum Gasteiger partial charge on any atom is 0.124 e. The van der Waals surface area contributed by atoms with Gasteiger partial charge in [0.25, 0.3) is 0 Å². The first kappa shape index (κ1) is 18.2. The van der Waals surface area contributed by atoms with Crippen molar-refractivity contribution < 1.29 is 9.26 Å². The van der Waals surface area contributed by atoms with Gasteiger partial charge in [0.2, 0.25) is 0 Å². The molecule has 0 saturated carbocycles. The van der Waals surface area contributed by atoms with E-state index < -0.39 is 0 Å². The topological polar surface area (TPSA) is 35.3 Å². The van der Waals surface area contributed by atoms with Crippen molar-refractivity contribution in [3.05, 3.63) is 48.4 Å². The van der Waals surface area contributed by atoms with E-state index in [0.29, 0.717) is 0 Å². The highest BCUT2D eigenvalue weighted by Gasteiger charge is 1.97. The zero-order valence-corrected chi connectivity index (χ0v) is 13.1. The summed E-state index contributed by atoms with van der Waals surface area (Å²) < 4.78 is 10.3. The molecule has 3 heteroatoms. The van der Waals surface area contributed by atoms with E-state index in [1.54, 1.807) is 6.26 Å². The third-order valence-electron chi connectivity index (χ3n) is 2.33. The maximum atomic E-state index is 5.58. The SMILES string of the molecule is CC.CC.c1ccc(OCCCCc2ccon2)cc1. The summed E-state index contributed by atoms with van der Waals surface area (Å²) in [4.78, 5) is 0. The van der Waals surface area contributed by atoms with E-state index in [-0.39, 0.29) is 0 Å². The fourth-order valence-electron chi connectivity index (χ4n) is 1.48. The van der Waals surface area contributed by atoms with Crippen molar-refractivity contribution >= 4 is 0 Å². The number of aryl methyl sites for hydroxylation is 1. The monoisotopic (exact) mass is 277 g/mol. The molecule has 0 unspecified atom stereocenters. The average Bonchev–Trinajstić information content (AvgIpc) is 3.05. The zero-order chi connectivity index (χ0) is 15.1. The highest BCUT2D eigenvalue weighted by atomic mass is 16.5. The maximum absolute atomic E-state index is 5.58. The van der Waals surface area contributed by atoms with Crippen LogP contribution in [0.5, 0.6) is 5.75 Å². The molecule has 0 spiro atoms. The molecule has 0 fully saturated rings. The Balaban J connectivity index is 0.000000829. The zero-order valence-electron chi connectivity index (χ0n) is 13.1. The molecule has 1 aromatic carbocycles. The van der Waals surface area contributed by atoms with Crippen LogP contribution in [0.1, 0.15) is 46.2 Å². The van der Waals surface area contributed by atoms with Crippen molar-refractivity contribution in [2.45, 2.75) is 47.0 Å². The number of benzene rings is 1. The molecular weight excluding hydrogens is 250 g/mol. The van der Waals surface area contributed by atoms with Crippen molar-refractivity contribution in [2.75, 3.05) is 6.61 Å². The molecule has 0 radical (unpaired) electrons. The Morgan fingerprint density at radius 1 is 0.950 bits per heavy atom. The van der Waals surface area contributed by atoms with Crippen LogP contribution >= 0.6 is 0 Å². The van der Waals surface area contributed by atoms with E-state index in [1.807, 2.05) is 64.1 Å². The highest BCUT2D eigenvalue weighted by Crippen LogP contribution is 2.09. The Kier molecular flexibility index (Phi) is 12.4. The van der Waals surface area contributed by atoms with Crippen molar-refractivity contribution in [1.82, 2.24) is 5.16 Å². The van der Waals surface area contributed by atoms with Gasteiger partial charge in [-0.05, 0) is 31.4 Å². The van der Waals surface area contributed by atoms with Gasteiger partial charge >= 0.3 is 0 Å². The first-order valence-corrected chi connectivity index (χ1v) is 7.52. The lowest BCUT2D eigenvalue weighted by Crippen LogP contribution is -1.98. The van der Waals surface area contributed by atoms with Crippen LogP contribution in [-0.4, -0.2) is 11.8 Å². The van der Waals surface area contributed by atoms with Crippen LogP contribution in [0.4, 0.5) is 0 Å². The first-order valence-electron chi connectivity index (χ1n) is 7.52. The lowest BCUT2D eigenvalue weighted by molar-refractivity contribution is 0.306. The van der Waals surface area contributed by atoms with Crippen molar-refractivity contribution in [1.29, 1.82) is 0 Å². The number of ether oxygens (including phenoxy) is 1. The summed E-state index contributed by atoms with van der Waals surface area (Å²) in [5.74, 6) is 0.934. The average molecular weight is 277 g/mol. The molecule has 2 aromatic rings. The number of nitrogens with zero attached hydrogens (tertiary/aromatic N) is 1. The van der Waals surface area contributed by atoms with Gasteiger partial charge in [-0.2, -0.15) is 0 Å². The smallest absolute Gasteiger partial charge is 0.124 e. The third kappa shape index (κ3) is 8.35. The first-order chi connectivity index (χ1) is 9.95. The molecule has 0 amide bonds. The van der Waals surface area contributed by atoms with Gasteiger partial charge in [0.05, 0.1) is 12.3 Å². The predicted octanol–water partition coefficient (Wildman–Crippen LogP) is 5.13. The van der Waals surface area contributed by atoms with E-state index in [4.69, 9.17) is 9.26 Å². The fraction of sp³-hybridized carbons (Fsp3) is 0.471. The van der Waals surface area contributed by atoms with Crippen LogP contribution in [0.2, 0.25) is 0 Å². The lowest BCUT2D eigenvalue weighted by Gasteiger charge is -2.04. The van der Waals surface area contributed by atoms with Crippen LogP contribution in [0, 0.1) is 0 Å². The fourth-order valence-corrected chi connectivity index (χ4v) is 1.48. The number of hydrogen-bond donors (Lipinski definition) is 0. The van der Waals surface area contributed by atoms with Gasteiger partial charge in [-0.25, -0.2) is 0 Å². The van der Waals surface area contributed by atoms with Gasteiger partial charge in [0.1, 0.15) is 12.0 Å². The quantitative estimate of drug-likeness (QED) is 0.687. The molecular formula is C17H27NO2. The molecule has 20 heavy (non-hydrogen) atoms. The summed E-state index contributed by atoms with van der Waals surface area (Å²) >= 11 is 0. The van der Waals surface area contributed by atoms with Crippen LogP contribution in [0.3, 0.4) is 0 Å². The Bertz CT molecular complexity index is 385. The molecule has 1 aromatic heterocycles. The molecule has 0 bridgehead atoms. The van der Waals surface area contributed by atoms with E-state index in [0.717, 1.165) is 37.3 Å². The van der Waals surface area contributed by atoms with Crippen LogP contribution in [0.25, 0.3) is 0 Å². The second-order valence-corrected chi connectivity index (χ2v) is 3.61.